The van der Waals surface area contributed by atoms with Crippen LogP contribution in [0.25, 0.3) is 11.3 Å². The molecule has 1 aromatic carbocycles. The Kier molecular flexibility index (Phi) is 5.01. The lowest BCUT2D eigenvalue weighted by atomic mass is 9.98. The molecule has 0 saturated carbocycles. The van der Waals surface area contributed by atoms with Crippen LogP contribution in [0.4, 0.5) is 0 Å². The van der Waals surface area contributed by atoms with E-state index in [-0.39, 0.29) is 10.8 Å². The predicted octanol–water partition coefficient (Wildman–Crippen LogP) is 2.41. The Bertz CT molecular complexity index is 783. The van der Waals surface area contributed by atoms with E-state index < -0.39 is 5.97 Å². The fraction of sp³-hybridized carbons (Fsp3) is 0.412. The maximum atomic E-state index is 11.9. The minimum absolute atomic E-state index is 0.113. The van der Waals surface area contributed by atoms with E-state index in [2.05, 4.69) is 9.88 Å². The van der Waals surface area contributed by atoms with Gasteiger partial charge in [0.2, 0.25) is 0 Å². The maximum absolute atomic E-state index is 11.9. The first-order valence-corrected chi connectivity index (χ1v) is 8.70. The third-order valence-electron chi connectivity index (χ3n) is 4.32. The molecule has 1 aliphatic heterocycles. The highest BCUT2D eigenvalue weighted by Crippen LogP contribution is 2.32. The molecule has 0 aliphatic carbocycles. The van der Waals surface area contributed by atoms with Crippen molar-refractivity contribution in [3.63, 3.8) is 0 Å². The van der Waals surface area contributed by atoms with Crippen LogP contribution < -0.4 is 9.61 Å². The highest BCUT2D eigenvalue weighted by molar-refractivity contribution is 7.09. The van der Waals surface area contributed by atoms with E-state index in [0.717, 1.165) is 29.1 Å². The molecule has 0 spiro atoms. The number of nitrogens with one attached hydrogen (secondary N) is 1. The molecule has 128 valence electrons. The molecule has 1 aromatic heterocycles. The summed E-state index contributed by atoms with van der Waals surface area (Å²) >= 11 is 1.18. The zero-order chi connectivity index (χ0) is 17.1. The number of rotatable bonds is 5. The molecule has 6 nitrogen and oxygen atoms in total. The highest BCUT2D eigenvalue weighted by Gasteiger charge is 2.26. The number of benzene rings is 1. The minimum atomic E-state index is -0.744. The van der Waals surface area contributed by atoms with E-state index in [9.17, 15) is 14.7 Å². The first kappa shape index (κ1) is 16.7. The number of para-hydroxylation sites is 1. The molecule has 24 heavy (non-hydrogen) atoms. The van der Waals surface area contributed by atoms with Crippen LogP contribution in [-0.2, 0) is 11.3 Å². The van der Waals surface area contributed by atoms with Crippen molar-refractivity contribution < 1.29 is 14.6 Å². The number of likely N-dealkylation sites (tertiary alicyclic amines) is 1. The number of carboxylic acids is 1. The fourth-order valence-electron chi connectivity index (χ4n) is 3.14. The highest BCUT2D eigenvalue weighted by atomic mass is 32.1. The van der Waals surface area contributed by atoms with Gasteiger partial charge in [-0.25, -0.2) is 0 Å². The fourth-order valence-corrected chi connectivity index (χ4v) is 4.03. The molecule has 0 bridgehead atoms. The topological polar surface area (TPSA) is 82.6 Å². The van der Waals surface area contributed by atoms with Gasteiger partial charge in [0, 0.05) is 23.5 Å². The van der Waals surface area contributed by atoms with Crippen molar-refractivity contribution >= 4 is 17.3 Å². The number of thiazole rings is 1. The molecule has 7 heteroatoms. The molecule has 0 amide bonds. The van der Waals surface area contributed by atoms with Crippen molar-refractivity contribution in [3.8, 4) is 17.0 Å². The van der Waals surface area contributed by atoms with Crippen LogP contribution >= 0.6 is 11.3 Å². The number of methoxy groups -OCH3 is 1. The van der Waals surface area contributed by atoms with E-state index in [1.807, 2.05) is 24.3 Å². The quantitative estimate of drug-likeness (QED) is 0.867. The Balaban J connectivity index is 1.87. The molecule has 3 rings (SSSR count). The molecular weight excluding hydrogens is 328 g/mol. The van der Waals surface area contributed by atoms with Gasteiger partial charge in [-0.1, -0.05) is 23.5 Å². The zero-order valence-electron chi connectivity index (χ0n) is 13.4. The van der Waals surface area contributed by atoms with Crippen LogP contribution in [0.2, 0.25) is 0 Å². The maximum Gasteiger partial charge on any atom is 0.307 e. The average Bonchev–Trinajstić information content (AvgIpc) is 2.95. The second kappa shape index (κ2) is 7.19. The predicted molar refractivity (Wildman–Crippen MR) is 92.6 cm³/mol. The third kappa shape index (κ3) is 3.52. The molecular formula is C17H20N2O4S. The number of aliphatic carboxylic acids is 1. The van der Waals surface area contributed by atoms with Crippen molar-refractivity contribution in [1.29, 1.82) is 0 Å². The van der Waals surface area contributed by atoms with Crippen molar-refractivity contribution in [2.45, 2.75) is 19.4 Å². The van der Waals surface area contributed by atoms with Gasteiger partial charge in [-0.05, 0) is 31.5 Å². The van der Waals surface area contributed by atoms with E-state index >= 15 is 0 Å². The number of nitrogens with zero attached hydrogens (tertiary/aromatic N) is 1. The molecule has 1 saturated heterocycles. The van der Waals surface area contributed by atoms with Gasteiger partial charge < -0.3 is 14.8 Å². The van der Waals surface area contributed by atoms with Gasteiger partial charge in [0.05, 0.1) is 18.7 Å². The van der Waals surface area contributed by atoms with Gasteiger partial charge in [-0.3, -0.25) is 14.5 Å². The summed E-state index contributed by atoms with van der Waals surface area (Å²) in [6.07, 6.45) is 1.58. The number of hydrogen-bond donors (Lipinski definition) is 2. The Hall–Kier alpha value is -2.12. The largest absolute Gasteiger partial charge is 0.496 e. The number of aromatic nitrogens is 1. The number of hydrogen-bond acceptors (Lipinski definition) is 5. The number of ether oxygens (including phenoxy) is 1. The Labute approximate surface area is 143 Å². The second-order valence-electron chi connectivity index (χ2n) is 5.93. The summed E-state index contributed by atoms with van der Waals surface area (Å²) in [6.45, 7) is 1.94. The molecule has 2 aromatic rings. The van der Waals surface area contributed by atoms with Crippen molar-refractivity contribution in [1.82, 2.24) is 9.88 Å². The summed E-state index contributed by atoms with van der Waals surface area (Å²) in [5, 5.41) is 9.23. The van der Waals surface area contributed by atoms with Gasteiger partial charge in [0.15, 0.2) is 0 Å². The van der Waals surface area contributed by atoms with E-state index in [4.69, 9.17) is 4.74 Å². The van der Waals surface area contributed by atoms with Crippen LogP contribution in [0, 0.1) is 5.92 Å². The molecule has 1 unspecified atom stereocenters. The summed E-state index contributed by atoms with van der Waals surface area (Å²) in [5.41, 5.74) is 1.61. The van der Waals surface area contributed by atoms with Crippen LogP contribution in [0.15, 0.2) is 29.1 Å². The van der Waals surface area contributed by atoms with Crippen molar-refractivity contribution in [3.05, 3.63) is 38.8 Å². The number of aromatic amines is 1. The van der Waals surface area contributed by atoms with Crippen molar-refractivity contribution in [2.24, 2.45) is 5.92 Å². The molecule has 1 atom stereocenters. The summed E-state index contributed by atoms with van der Waals surface area (Å²) in [5.74, 6) is -0.370. The molecule has 0 radical (unpaired) electrons. The van der Waals surface area contributed by atoms with Crippen LogP contribution in [0.1, 0.15) is 17.7 Å². The first-order chi connectivity index (χ1) is 11.6. The van der Waals surface area contributed by atoms with Crippen LogP contribution in [0.5, 0.6) is 5.75 Å². The van der Waals surface area contributed by atoms with Gasteiger partial charge in [-0.15, -0.1) is 0 Å². The number of carbonyl (C=O) groups is 1. The van der Waals surface area contributed by atoms with Crippen LogP contribution in [-0.4, -0.2) is 41.2 Å². The Morgan fingerprint density at radius 2 is 2.25 bits per heavy atom. The summed E-state index contributed by atoms with van der Waals surface area (Å²) in [6, 6.07) is 7.56. The van der Waals surface area contributed by atoms with Crippen LogP contribution in [0.3, 0.4) is 0 Å². The Morgan fingerprint density at radius 3 is 3.00 bits per heavy atom. The van der Waals surface area contributed by atoms with E-state index in [1.54, 1.807) is 7.11 Å². The molecule has 1 aliphatic rings. The molecule has 1 fully saturated rings. The molecule has 2 heterocycles. The van der Waals surface area contributed by atoms with E-state index in [1.165, 1.54) is 11.3 Å². The van der Waals surface area contributed by atoms with Gasteiger partial charge in [0.1, 0.15) is 5.75 Å². The average molecular weight is 348 g/mol. The normalized spacial score (nSPS) is 18.5. The SMILES string of the molecule is COc1ccccc1-c1[nH]c(=O)sc1CN1CCCC(C(=O)O)C1. The monoisotopic (exact) mass is 348 g/mol. The first-order valence-electron chi connectivity index (χ1n) is 7.89. The number of carboxylic acid groups (broad SMARTS) is 1. The smallest absolute Gasteiger partial charge is 0.307 e. The summed E-state index contributed by atoms with van der Waals surface area (Å²) in [7, 11) is 1.60. The zero-order valence-corrected chi connectivity index (χ0v) is 14.3. The third-order valence-corrected chi connectivity index (χ3v) is 5.19. The van der Waals surface area contributed by atoms with Gasteiger partial charge >= 0.3 is 10.8 Å². The summed E-state index contributed by atoms with van der Waals surface area (Å²) in [4.78, 5) is 28.9. The van der Waals surface area contributed by atoms with E-state index in [0.29, 0.717) is 25.3 Å². The lowest BCUT2D eigenvalue weighted by Gasteiger charge is -2.30. The Morgan fingerprint density at radius 1 is 1.46 bits per heavy atom. The standard InChI is InChI=1S/C17H20N2O4S/c1-23-13-7-3-2-6-12(13)15-14(24-17(22)18-15)10-19-8-4-5-11(9-19)16(20)21/h2-3,6-7,11H,4-5,8-10H2,1H3,(H,18,22)(H,20,21). The molecule has 2 N–H and O–H groups in total. The second-order valence-corrected chi connectivity index (χ2v) is 6.99. The lowest BCUT2D eigenvalue weighted by Crippen LogP contribution is -2.38. The number of H-pyrrole nitrogens is 1. The van der Waals surface area contributed by atoms with Gasteiger partial charge in [0.25, 0.3) is 0 Å². The summed E-state index contributed by atoms with van der Waals surface area (Å²) < 4.78 is 5.39. The number of piperidine rings is 1. The van der Waals surface area contributed by atoms with Crippen molar-refractivity contribution in [2.75, 3.05) is 20.2 Å². The van der Waals surface area contributed by atoms with Gasteiger partial charge in [-0.2, -0.15) is 0 Å². The lowest BCUT2D eigenvalue weighted by molar-refractivity contribution is -0.143. The minimum Gasteiger partial charge on any atom is -0.496 e.